The lowest BCUT2D eigenvalue weighted by Crippen LogP contribution is -2.30. The van der Waals surface area contributed by atoms with Crippen LogP contribution >= 0.6 is 22.6 Å². The second-order valence-corrected chi connectivity index (χ2v) is 6.77. The highest BCUT2D eigenvalue weighted by Crippen LogP contribution is 2.25. The van der Waals surface area contributed by atoms with Crippen molar-refractivity contribution in [1.82, 2.24) is 10.2 Å². The first kappa shape index (κ1) is 18.4. The Morgan fingerprint density at radius 2 is 2.00 bits per heavy atom. The second kappa shape index (κ2) is 7.86. The van der Waals surface area contributed by atoms with E-state index < -0.39 is 6.03 Å². The Labute approximate surface area is 164 Å². The van der Waals surface area contributed by atoms with Crippen LogP contribution in [0, 0.1) is 9.39 Å². The number of ether oxygens (including phenoxy) is 1. The van der Waals surface area contributed by atoms with E-state index in [-0.39, 0.29) is 24.0 Å². The maximum atomic E-state index is 13.7. The first-order valence-electron chi connectivity index (χ1n) is 8.00. The van der Waals surface area contributed by atoms with Crippen LogP contribution in [0.5, 0.6) is 5.75 Å². The van der Waals surface area contributed by atoms with Crippen LogP contribution in [0.15, 0.2) is 48.2 Å². The number of amides is 3. The highest BCUT2D eigenvalue weighted by atomic mass is 127. The van der Waals surface area contributed by atoms with Gasteiger partial charge in [0.2, 0.25) is 0 Å². The van der Waals surface area contributed by atoms with Gasteiger partial charge in [0.1, 0.15) is 23.9 Å². The third kappa shape index (κ3) is 3.87. The maximum Gasteiger partial charge on any atom is 0.328 e. The summed E-state index contributed by atoms with van der Waals surface area (Å²) >= 11 is 2.11. The number of likely N-dealkylation sites (N-methyl/N-ethyl adjacent to an activating group) is 1. The van der Waals surface area contributed by atoms with Crippen molar-refractivity contribution in [2.24, 2.45) is 0 Å². The van der Waals surface area contributed by atoms with E-state index in [1.165, 1.54) is 6.07 Å². The van der Waals surface area contributed by atoms with Crippen LogP contribution in [0.4, 0.5) is 9.18 Å². The number of benzene rings is 2. The first-order valence-corrected chi connectivity index (χ1v) is 9.07. The van der Waals surface area contributed by atoms with E-state index in [1.807, 2.05) is 6.07 Å². The number of halogens is 2. The quantitative estimate of drug-likeness (QED) is 0.413. The molecule has 2 aromatic rings. The molecule has 134 valence electrons. The SMILES string of the molecule is CCN1C(=O)N/C(=C/c2ccc(OCc3ccccc3F)c(I)c2)C1=O. The van der Waals surface area contributed by atoms with Gasteiger partial charge >= 0.3 is 6.03 Å². The lowest BCUT2D eigenvalue weighted by atomic mass is 10.2. The summed E-state index contributed by atoms with van der Waals surface area (Å²) in [5.74, 6) is -0.0276. The van der Waals surface area contributed by atoms with Gasteiger partial charge in [-0.3, -0.25) is 9.69 Å². The molecule has 3 amide bonds. The van der Waals surface area contributed by atoms with Crippen molar-refractivity contribution in [3.8, 4) is 5.75 Å². The molecule has 0 spiro atoms. The zero-order valence-corrected chi connectivity index (χ0v) is 16.1. The molecule has 1 aliphatic rings. The largest absolute Gasteiger partial charge is 0.488 e. The molecule has 1 fully saturated rings. The molecule has 5 nitrogen and oxygen atoms in total. The molecule has 0 bridgehead atoms. The molecule has 1 aliphatic heterocycles. The number of imide groups is 1. The number of nitrogens with one attached hydrogen (secondary N) is 1. The van der Waals surface area contributed by atoms with Gasteiger partial charge in [0.15, 0.2) is 0 Å². The van der Waals surface area contributed by atoms with Gasteiger partial charge in [-0.2, -0.15) is 0 Å². The smallest absolute Gasteiger partial charge is 0.328 e. The maximum absolute atomic E-state index is 13.7. The van der Waals surface area contributed by atoms with E-state index in [0.29, 0.717) is 17.9 Å². The topological polar surface area (TPSA) is 58.6 Å². The van der Waals surface area contributed by atoms with Crippen LogP contribution in [0.3, 0.4) is 0 Å². The van der Waals surface area contributed by atoms with Crippen molar-refractivity contribution >= 4 is 40.6 Å². The van der Waals surface area contributed by atoms with Crippen LogP contribution in [-0.2, 0) is 11.4 Å². The van der Waals surface area contributed by atoms with Gasteiger partial charge in [-0.25, -0.2) is 9.18 Å². The number of carbonyl (C=O) groups is 2. The van der Waals surface area contributed by atoms with Gasteiger partial charge in [0, 0.05) is 12.1 Å². The van der Waals surface area contributed by atoms with Crippen molar-refractivity contribution in [1.29, 1.82) is 0 Å². The summed E-state index contributed by atoms with van der Waals surface area (Å²) in [6.07, 6.45) is 1.62. The molecule has 1 heterocycles. The minimum Gasteiger partial charge on any atom is -0.488 e. The van der Waals surface area contributed by atoms with Crippen molar-refractivity contribution in [3.63, 3.8) is 0 Å². The van der Waals surface area contributed by atoms with E-state index in [9.17, 15) is 14.0 Å². The number of urea groups is 1. The zero-order chi connectivity index (χ0) is 18.7. The Hall–Kier alpha value is -2.42. The van der Waals surface area contributed by atoms with Crippen LogP contribution in [0.25, 0.3) is 6.08 Å². The predicted octanol–water partition coefficient (Wildman–Crippen LogP) is 3.92. The van der Waals surface area contributed by atoms with E-state index in [1.54, 1.807) is 43.3 Å². The summed E-state index contributed by atoms with van der Waals surface area (Å²) in [5, 5.41) is 2.56. The number of rotatable bonds is 5. The Bertz CT molecular complexity index is 898. The highest BCUT2D eigenvalue weighted by Gasteiger charge is 2.31. The minimum atomic E-state index is -0.414. The Balaban J connectivity index is 1.74. The Kier molecular flexibility index (Phi) is 5.55. The second-order valence-electron chi connectivity index (χ2n) is 5.61. The van der Waals surface area contributed by atoms with E-state index >= 15 is 0 Å². The van der Waals surface area contributed by atoms with Crippen molar-refractivity contribution in [2.45, 2.75) is 13.5 Å². The molecule has 0 radical (unpaired) electrons. The van der Waals surface area contributed by atoms with Crippen LogP contribution in [0.1, 0.15) is 18.1 Å². The van der Waals surface area contributed by atoms with Gasteiger partial charge < -0.3 is 10.1 Å². The molecule has 0 aromatic heterocycles. The third-order valence-corrected chi connectivity index (χ3v) is 4.73. The van der Waals surface area contributed by atoms with Crippen molar-refractivity contribution in [3.05, 3.63) is 68.7 Å². The van der Waals surface area contributed by atoms with Gasteiger partial charge in [0.05, 0.1) is 3.57 Å². The lowest BCUT2D eigenvalue weighted by Gasteiger charge is -2.10. The molecule has 1 N–H and O–H groups in total. The first-order chi connectivity index (χ1) is 12.5. The van der Waals surface area contributed by atoms with Gasteiger partial charge in [-0.15, -0.1) is 0 Å². The molecular weight excluding hydrogens is 450 g/mol. The fraction of sp³-hybridized carbons (Fsp3) is 0.158. The third-order valence-electron chi connectivity index (χ3n) is 3.89. The Morgan fingerprint density at radius 1 is 1.23 bits per heavy atom. The van der Waals surface area contributed by atoms with E-state index in [2.05, 4.69) is 27.9 Å². The van der Waals surface area contributed by atoms with Gasteiger partial charge in [0.25, 0.3) is 5.91 Å². The molecule has 0 atom stereocenters. The molecule has 0 saturated carbocycles. The molecule has 0 aliphatic carbocycles. The Morgan fingerprint density at radius 3 is 2.65 bits per heavy atom. The molecule has 3 rings (SSSR count). The van der Waals surface area contributed by atoms with Crippen LogP contribution in [0.2, 0.25) is 0 Å². The molecule has 0 unspecified atom stereocenters. The van der Waals surface area contributed by atoms with E-state index in [4.69, 9.17) is 4.74 Å². The normalized spacial score (nSPS) is 15.5. The number of hydrogen-bond donors (Lipinski definition) is 1. The lowest BCUT2D eigenvalue weighted by molar-refractivity contribution is -0.122. The summed E-state index contributed by atoms with van der Waals surface area (Å²) in [6.45, 7) is 2.19. The monoisotopic (exact) mass is 466 g/mol. The predicted molar refractivity (Wildman–Crippen MR) is 104 cm³/mol. The molecular formula is C19H16FIN2O3. The van der Waals surface area contributed by atoms with Crippen molar-refractivity contribution < 1.29 is 18.7 Å². The number of nitrogens with zero attached hydrogens (tertiary/aromatic N) is 1. The summed E-state index contributed by atoms with van der Waals surface area (Å²) in [5.41, 5.74) is 1.48. The fourth-order valence-corrected chi connectivity index (χ4v) is 3.22. The summed E-state index contributed by atoms with van der Waals surface area (Å²) < 4.78 is 20.2. The standard InChI is InChI=1S/C19H16FIN2O3/c1-2-23-18(24)16(22-19(23)25)10-12-7-8-17(15(21)9-12)26-11-13-5-3-4-6-14(13)20/h3-10H,2,11H2,1H3,(H,22,25)/b16-10+. The molecule has 26 heavy (non-hydrogen) atoms. The fourth-order valence-electron chi connectivity index (χ4n) is 2.52. The average Bonchev–Trinajstić information content (AvgIpc) is 2.88. The van der Waals surface area contributed by atoms with Crippen LogP contribution in [-0.4, -0.2) is 23.4 Å². The summed E-state index contributed by atoms with van der Waals surface area (Å²) in [4.78, 5) is 24.9. The van der Waals surface area contributed by atoms with Crippen molar-refractivity contribution in [2.75, 3.05) is 6.54 Å². The number of carbonyl (C=O) groups excluding carboxylic acids is 2. The van der Waals surface area contributed by atoms with Gasteiger partial charge in [-0.1, -0.05) is 24.3 Å². The average molecular weight is 466 g/mol. The van der Waals surface area contributed by atoms with Gasteiger partial charge in [-0.05, 0) is 59.4 Å². The zero-order valence-electron chi connectivity index (χ0n) is 14.0. The van der Waals surface area contributed by atoms with E-state index in [0.717, 1.165) is 14.0 Å². The summed E-state index contributed by atoms with van der Waals surface area (Å²) in [6, 6.07) is 11.4. The molecule has 2 aromatic carbocycles. The minimum absolute atomic E-state index is 0.128. The molecule has 7 heteroatoms. The summed E-state index contributed by atoms with van der Waals surface area (Å²) in [7, 11) is 0. The van der Waals surface area contributed by atoms with Crippen LogP contribution < -0.4 is 10.1 Å². The highest BCUT2D eigenvalue weighted by molar-refractivity contribution is 14.1. The molecule has 1 saturated heterocycles. The number of hydrogen-bond acceptors (Lipinski definition) is 3.